The summed E-state index contributed by atoms with van der Waals surface area (Å²) in [6, 6.07) is 17.5. The summed E-state index contributed by atoms with van der Waals surface area (Å²) in [5, 5.41) is 8.85. The van der Waals surface area contributed by atoms with Crippen molar-refractivity contribution < 1.29 is 14.6 Å². The van der Waals surface area contributed by atoms with E-state index in [0.29, 0.717) is 0 Å². The molecule has 0 aliphatic carbocycles. The van der Waals surface area contributed by atoms with Gasteiger partial charge >= 0.3 is 6.16 Å². The van der Waals surface area contributed by atoms with Crippen molar-refractivity contribution in [2.24, 2.45) is 0 Å². The van der Waals surface area contributed by atoms with Gasteiger partial charge in [0, 0.05) is 24.5 Å². The SMILES string of the molecule is O=C(O)O[C@@H]1CCCN(CCCCN2c3ccccc3CCc3ccccc32)C1. The number of unbranched alkanes of at least 4 members (excludes halogenated alkanes) is 1. The van der Waals surface area contributed by atoms with Crippen LogP contribution in [0.4, 0.5) is 16.2 Å². The molecule has 1 atom stereocenters. The second-order valence-corrected chi connectivity index (χ2v) is 8.06. The van der Waals surface area contributed by atoms with Gasteiger partial charge in [0.1, 0.15) is 6.10 Å². The number of fused-ring (bicyclic) bond motifs is 2. The molecule has 1 fully saturated rings. The summed E-state index contributed by atoms with van der Waals surface area (Å²) in [7, 11) is 0. The third kappa shape index (κ3) is 4.91. The molecule has 0 saturated carbocycles. The molecule has 4 rings (SSSR count). The normalized spacial score (nSPS) is 19.2. The lowest BCUT2D eigenvalue weighted by Gasteiger charge is -2.32. The Bertz CT molecular complexity index is 791. The smallest absolute Gasteiger partial charge is 0.450 e. The first kappa shape index (κ1) is 19.8. The van der Waals surface area contributed by atoms with Gasteiger partial charge in [0.25, 0.3) is 0 Å². The number of piperidine rings is 1. The van der Waals surface area contributed by atoms with Crippen LogP contribution in [-0.4, -0.2) is 48.4 Å². The molecule has 0 radical (unpaired) electrons. The zero-order valence-electron chi connectivity index (χ0n) is 16.9. The summed E-state index contributed by atoms with van der Waals surface area (Å²) in [5.74, 6) is 0. The maximum absolute atomic E-state index is 10.8. The molecule has 5 nitrogen and oxygen atoms in total. The van der Waals surface area contributed by atoms with Gasteiger partial charge in [-0.15, -0.1) is 0 Å². The number of anilines is 2. The van der Waals surface area contributed by atoms with E-state index in [0.717, 1.165) is 64.7 Å². The fourth-order valence-electron chi connectivity index (χ4n) is 4.67. The van der Waals surface area contributed by atoms with E-state index in [1.54, 1.807) is 0 Å². The first-order chi connectivity index (χ1) is 14.2. The number of carbonyl (C=O) groups is 1. The summed E-state index contributed by atoms with van der Waals surface area (Å²) < 4.78 is 4.98. The van der Waals surface area contributed by atoms with Gasteiger partial charge in [-0.25, -0.2) is 4.79 Å². The molecule has 0 spiro atoms. The lowest BCUT2D eigenvalue weighted by molar-refractivity contribution is 0.0133. The van der Waals surface area contributed by atoms with Gasteiger partial charge < -0.3 is 14.7 Å². The van der Waals surface area contributed by atoms with Crippen LogP contribution in [0.15, 0.2) is 48.5 Å². The molecular weight excluding hydrogens is 364 g/mol. The Labute approximate surface area is 172 Å². The third-order valence-corrected chi connectivity index (χ3v) is 6.06. The molecule has 0 aromatic heterocycles. The van der Waals surface area contributed by atoms with Gasteiger partial charge in [-0.2, -0.15) is 0 Å². The van der Waals surface area contributed by atoms with Gasteiger partial charge in [0.05, 0.1) is 0 Å². The number of carboxylic acid groups (broad SMARTS) is 1. The summed E-state index contributed by atoms with van der Waals surface area (Å²) in [4.78, 5) is 15.6. The van der Waals surface area contributed by atoms with E-state index in [1.165, 1.54) is 22.5 Å². The van der Waals surface area contributed by atoms with Crippen molar-refractivity contribution in [1.29, 1.82) is 0 Å². The number of aryl methyl sites for hydroxylation is 2. The molecule has 2 heterocycles. The van der Waals surface area contributed by atoms with E-state index in [-0.39, 0.29) is 6.10 Å². The molecular formula is C24H30N2O3. The zero-order chi connectivity index (χ0) is 20.1. The Morgan fingerprint density at radius 1 is 0.966 bits per heavy atom. The van der Waals surface area contributed by atoms with E-state index in [2.05, 4.69) is 58.3 Å². The van der Waals surface area contributed by atoms with Crippen LogP contribution in [0, 0.1) is 0 Å². The molecule has 154 valence electrons. The number of para-hydroxylation sites is 2. The lowest BCUT2D eigenvalue weighted by Crippen LogP contribution is -2.40. The van der Waals surface area contributed by atoms with Gasteiger partial charge in [0.2, 0.25) is 0 Å². The number of rotatable bonds is 6. The minimum absolute atomic E-state index is 0.175. The first-order valence-electron chi connectivity index (χ1n) is 10.8. The van der Waals surface area contributed by atoms with Gasteiger partial charge in [0.15, 0.2) is 0 Å². The van der Waals surface area contributed by atoms with Crippen molar-refractivity contribution in [3.63, 3.8) is 0 Å². The summed E-state index contributed by atoms with van der Waals surface area (Å²) >= 11 is 0. The van der Waals surface area contributed by atoms with E-state index in [1.807, 2.05) is 0 Å². The largest absolute Gasteiger partial charge is 0.506 e. The van der Waals surface area contributed by atoms with Crippen molar-refractivity contribution in [1.82, 2.24) is 4.90 Å². The maximum Gasteiger partial charge on any atom is 0.506 e. The number of likely N-dealkylation sites (tertiary alicyclic amines) is 1. The van der Waals surface area contributed by atoms with Crippen molar-refractivity contribution in [2.45, 2.75) is 44.6 Å². The molecule has 2 aromatic carbocycles. The fourth-order valence-corrected chi connectivity index (χ4v) is 4.67. The number of hydrogen-bond acceptors (Lipinski definition) is 4. The molecule has 5 heteroatoms. The Hall–Kier alpha value is -2.53. The van der Waals surface area contributed by atoms with Gasteiger partial charge in [-0.05, 0) is 74.9 Å². The summed E-state index contributed by atoms with van der Waals surface area (Å²) in [6.45, 7) is 3.75. The maximum atomic E-state index is 10.8. The monoisotopic (exact) mass is 394 g/mol. The highest BCUT2D eigenvalue weighted by Gasteiger charge is 2.23. The Morgan fingerprint density at radius 2 is 1.59 bits per heavy atom. The highest BCUT2D eigenvalue weighted by atomic mass is 16.7. The number of hydrogen-bond donors (Lipinski definition) is 1. The Morgan fingerprint density at radius 3 is 2.24 bits per heavy atom. The first-order valence-corrected chi connectivity index (χ1v) is 10.8. The van der Waals surface area contributed by atoms with Crippen LogP contribution >= 0.6 is 0 Å². The molecule has 0 bridgehead atoms. The molecule has 0 unspecified atom stereocenters. The van der Waals surface area contributed by atoms with E-state index in [4.69, 9.17) is 9.84 Å². The lowest BCUT2D eigenvalue weighted by atomic mass is 10.0. The molecule has 2 aromatic rings. The van der Waals surface area contributed by atoms with Crippen molar-refractivity contribution >= 4 is 17.5 Å². The molecule has 1 N–H and O–H groups in total. The number of ether oxygens (including phenoxy) is 1. The van der Waals surface area contributed by atoms with E-state index >= 15 is 0 Å². The molecule has 0 amide bonds. The van der Waals surface area contributed by atoms with Crippen LogP contribution in [0.25, 0.3) is 0 Å². The van der Waals surface area contributed by atoms with Gasteiger partial charge in [-0.1, -0.05) is 36.4 Å². The van der Waals surface area contributed by atoms with Crippen LogP contribution in [-0.2, 0) is 17.6 Å². The highest BCUT2D eigenvalue weighted by Crippen LogP contribution is 2.36. The molecule has 29 heavy (non-hydrogen) atoms. The predicted octanol–water partition coefficient (Wildman–Crippen LogP) is 4.86. The summed E-state index contributed by atoms with van der Waals surface area (Å²) in [5.41, 5.74) is 5.53. The minimum Gasteiger partial charge on any atom is -0.450 e. The highest BCUT2D eigenvalue weighted by molar-refractivity contribution is 5.71. The number of nitrogens with zero attached hydrogens (tertiary/aromatic N) is 2. The standard InChI is InChI=1S/C24H30N2O3/c27-24(28)29-21-10-7-16-25(18-21)15-5-6-17-26-22-11-3-1-8-19(22)13-14-20-9-2-4-12-23(20)26/h1-4,8-9,11-12,21H,5-7,10,13-18H2,(H,27,28)/t21-/m1/s1. The van der Waals surface area contributed by atoms with Crippen molar-refractivity contribution in [3.8, 4) is 0 Å². The second-order valence-electron chi connectivity index (χ2n) is 8.06. The minimum atomic E-state index is -1.16. The molecule has 2 aliphatic rings. The third-order valence-electron chi connectivity index (χ3n) is 6.06. The van der Waals surface area contributed by atoms with Crippen LogP contribution < -0.4 is 4.90 Å². The average molecular weight is 395 g/mol. The second kappa shape index (κ2) is 9.31. The molecule has 2 aliphatic heterocycles. The number of benzene rings is 2. The van der Waals surface area contributed by atoms with E-state index < -0.39 is 6.16 Å². The quantitative estimate of drug-likeness (QED) is 0.560. The average Bonchev–Trinajstić information content (AvgIpc) is 2.88. The van der Waals surface area contributed by atoms with Crippen LogP contribution in [0.2, 0.25) is 0 Å². The Kier molecular flexibility index (Phi) is 6.35. The molecule has 1 saturated heterocycles. The van der Waals surface area contributed by atoms with E-state index in [9.17, 15) is 4.79 Å². The van der Waals surface area contributed by atoms with Crippen LogP contribution in [0.5, 0.6) is 0 Å². The van der Waals surface area contributed by atoms with Crippen LogP contribution in [0.3, 0.4) is 0 Å². The zero-order valence-corrected chi connectivity index (χ0v) is 16.9. The fraction of sp³-hybridized carbons (Fsp3) is 0.458. The van der Waals surface area contributed by atoms with Crippen molar-refractivity contribution in [2.75, 3.05) is 31.1 Å². The van der Waals surface area contributed by atoms with Gasteiger partial charge in [-0.3, -0.25) is 4.90 Å². The van der Waals surface area contributed by atoms with Crippen LogP contribution in [0.1, 0.15) is 36.8 Å². The predicted molar refractivity (Wildman–Crippen MR) is 115 cm³/mol. The summed E-state index contributed by atoms with van der Waals surface area (Å²) in [6.07, 6.45) is 4.88. The topological polar surface area (TPSA) is 53.0 Å². The van der Waals surface area contributed by atoms with Crippen molar-refractivity contribution in [3.05, 3.63) is 59.7 Å². The Balaban J connectivity index is 1.37.